The normalized spacial score (nSPS) is 15.7. The Morgan fingerprint density at radius 2 is 2.12 bits per heavy atom. The van der Waals surface area contributed by atoms with E-state index in [2.05, 4.69) is 4.74 Å². The lowest BCUT2D eigenvalue weighted by molar-refractivity contribution is -0.152. The zero-order valence-electron chi connectivity index (χ0n) is 14.4. The van der Waals surface area contributed by atoms with Crippen LogP contribution in [-0.2, 0) is 25.5 Å². The fourth-order valence-electron chi connectivity index (χ4n) is 2.63. The van der Waals surface area contributed by atoms with Crippen LogP contribution in [0.3, 0.4) is 0 Å². The van der Waals surface area contributed by atoms with E-state index in [1.165, 1.54) is 6.07 Å². The number of carbonyl (C=O) groups is 3. The second-order valence-electron chi connectivity index (χ2n) is 5.87. The molecule has 1 aliphatic rings. The topological polar surface area (TPSA) is 99.1 Å². The van der Waals surface area contributed by atoms with Gasteiger partial charge < -0.3 is 19.2 Å². The van der Waals surface area contributed by atoms with Crippen molar-refractivity contribution in [1.82, 2.24) is 0 Å². The van der Waals surface area contributed by atoms with Crippen LogP contribution in [0, 0.1) is 0 Å². The third-order valence-electron chi connectivity index (χ3n) is 4.03. The minimum Gasteiger partial charge on any atom is -0.535 e. The number of benzene rings is 1. The molecule has 140 valence electrons. The molecule has 0 fully saturated rings. The molecule has 1 heterocycles. The van der Waals surface area contributed by atoms with Gasteiger partial charge in [0.1, 0.15) is 17.1 Å². The van der Waals surface area contributed by atoms with Crippen molar-refractivity contribution in [2.75, 3.05) is 13.5 Å². The van der Waals surface area contributed by atoms with Gasteiger partial charge in [0.05, 0.1) is 13.1 Å². The molecule has 7 nitrogen and oxygen atoms in total. The Kier molecular flexibility index (Phi) is 7.14. The third-order valence-corrected chi connectivity index (χ3v) is 4.03. The lowest BCUT2D eigenvalue weighted by Crippen LogP contribution is -2.35. The molecule has 9 heteroatoms. The highest BCUT2D eigenvalue weighted by molar-refractivity contribution is 6.47. The van der Waals surface area contributed by atoms with Crippen LogP contribution >= 0.6 is 0 Å². The van der Waals surface area contributed by atoms with E-state index in [9.17, 15) is 23.8 Å². The van der Waals surface area contributed by atoms with E-state index in [-0.39, 0.29) is 29.3 Å². The molecule has 1 aromatic carbocycles. The van der Waals surface area contributed by atoms with Crippen molar-refractivity contribution in [3.63, 3.8) is 0 Å². The van der Waals surface area contributed by atoms with Gasteiger partial charge in [0, 0.05) is 18.7 Å². The van der Waals surface area contributed by atoms with E-state index >= 15 is 0 Å². The molecule has 0 spiro atoms. The largest absolute Gasteiger partial charge is 0.535 e. The maximum absolute atomic E-state index is 12.2. The number of rotatable bonds is 8. The minimum atomic E-state index is -1.21. The molecule has 0 aromatic heterocycles. The number of hydrogen-bond acceptors (Lipinski definition) is 7. The van der Waals surface area contributed by atoms with Gasteiger partial charge in [-0.2, -0.15) is 0 Å². The van der Waals surface area contributed by atoms with Crippen LogP contribution < -0.4 is 4.65 Å². The summed E-state index contributed by atoms with van der Waals surface area (Å²) in [7, 11) is -1.21. The van der Waals surface area contributed by atoms with Gasteiger partial charge in [-0.25, -0.2) is 4.79 Å². The Hall–Kier alpha value is -2.42. The number of Topliss-reactive ketones (excluding diaryl/α,β-unsaturated/α-hetero) is 1. The van der Waals surface area contributed by atoms with Crippen molar-refractivity contribution < 1.29 is 37.9 Å². The van der Waals surface area contributed by atoms with Crippen LogP contribution in [0.2, 0.25) is 5.82 Å². The zero-order chi connectivity index (χ0) is 19.1. The number of alkyl halides is 1. The summed E-state index contributed by atoms with van der Waals surface area (Å²) in [6.45, 7) is 0.255. The van der Waals surface area contributed by atoms with Gasteiger partial charge >= 0.3 is 19.1 Å². The summed E-state index contributed by atoms with van der Waals surface area (Å²) in [5.41, 5.74) is 0.747. The highest BCUT2D eigenvalue weighted by Crippen LogP contribution is 2.36. The first-order valence-corrected chi connectivity index (χ1v) is 8.33. The smallest absolute Gasteiger partial charge is 0.526 e. The highest BCUT2D eigenvalue weighted by Gasteiger charge is 2.37. The minimum absolute atomic E-state index is 0.0201. The van der Waals surface area contributed by atoms with Crippen molar-refractivity contribution in [3.8, 4) is 5.75 Å². The highest BCUT2D eigenvalue weighted by atomic mass is 19.1. The SMILES string of the molecule is CCC(=O)C[C@H]1Cc2cccc(C(=O)OCOC(=O)CCF)c2OB1O. The Labute approximate surface area is 150 Å². The summed E-state index contributed by atoms with van der Waals surface area (Å²) in [5, 5.41) is 10.1. The first-order chi connectivity index (χ1) is 12.5. The van der Waals surface area contributed by atoms with Crippen LogP contribution in [0.25, 0.3) is 0 Å². The molecule has 1 N–H and O–H groups in total. The molecular weight excluding hydrogens is 346 g/mol. The number of hydrogen-bond donors (Lipinski definition) is 1. The summed E-state index contributed by atoms with van der Waals surface area (Å²) >= 11 is 0. The molecule has 1 atom stereocenters. The van der Waals surface area contributed by atoms with Crippen LogP contribution in [0.4, 0.5) is 4.39 Å². The quantitative estimate of drug-likeness (QED) is 0.426. The molecule has 26 heavy (non-hydrogen) atoms. The number of para-hydroxylation sites is 1. The molecule has 2 rings (SSSR count). The molecular formula is C17H20BFO7. The molecule has 0 aliphatic carbocycles. The van der Waals surface area contributed by atoms with Gasteiger partial charge in [0.2, 0.25) is 6.79 Å². The number of ketones is 1. The summed E-state index contributed by atoms with van der Waals surface area (Å²) in [5.74, 6) is -1.80. The fourth-order valence-corrected chi connectivity index (χ4v) is 2.63. The van der Waals surface area contributed by atoms with Gasteiger partial charge in [-0.05, 0) is 18.1 Å². The Morgan fingerprint density at radius 3 is 2.81 bits per heavy atom. The van der Waals surface area contributed by atoms with Crippen LogP contribution in [-0.4, -0.2) is 43.3 Å². The summed E-state index contributed by atoms with van der Waals surface area (Å²) in [6.07, 6.45) is 0.542. The number of halogens is 1. The second-order valence-corrected chi connectivity index (χ2v) is 5.87. The molecule has 0 saturated carbocycles. The van der Waals surface area contributed by atoms with Gasteiger partial charge in [0.15, 0.2) is 0 Å². The lowest BCUT2D eigenvalue weighted by Gasteiger charge is -2.28. The maximum atomic E-state index is 12.2. The summed E-state index contributed by atoms with van der Waals surface area (Å²) in [4.78, 5) is 34.8. The van der Waals surface area contributed by atoms with Gasteiger partial charge in [-0.15, -0.1) is 0 Å². The molecule has 0 unspecified atom stereocenters. The van der Waals surface area contributed by atoms with Gasteiger partial charge in [0.25, 0.3) is 0 Å². The lowest BCUT2D eigenvalue weighted by atomic mass is 9.64. The third kappa shape index (κ3) is 5.04. The molecule has 0 radical (unpaired) electrons. The predicted molar refractivity (Wildman–Crippen MR) is 89.4 cm³/mol. The van der Waals surface area contributed by atoms with Crippen LogP contribution in [0.1, 0.15) is 42.1 Å². The molecule has 0 amide bonds. The molecule has 1 aromatic rings. The van der Waals surface area contributed by atoms with E-state index in [4.69, 9.17) is 9.39 Å². The molecule has 0 bridgehead atoms. The van der Waals surface area contributed by atoms with Gasteiger partial charge in [-0.3, -0.25) is 14.0 Å². The predicted octanol–water partition coefficient (Wildman–Crippen LogP) is 1.86. The van der Waals surface area contributed by atoms with Crippen LogP contribution in [0.15, 0.2) is 18.2 Å². The van der Waals surface area contributed by atoms with Crippen LogP contribution in [0.5, 0.6) is 5.75 Å². The van der Waals surface area contributed by atoms with E-state index in [1.807, 2.05) is 0 Å². The van der Waals surface area contributed by atoms with E-state index in [0.717, 1.165) is 0 Å². The van der Waals surface area contributed by atoms with Gasteiger partial charge in [-0.1, -0.05) is 19.1 Å². The van der Waals surface area contributed by atoms with Crippen molar-refractivity contribution in [3.05, 3.63) is 29.3 Å². The monoisotopic (exact) mass is 366 g/mol. The number of esters is 2. The van der Waals surface area contributed by atoms with Crippen molar-refractivity contribution >= 4 is 24.8 Å². The van der Waals surface area contributed by atoms with E-state index in [1.54, 1.807) is 19.1 Å². The maximum Gasteiger partial charge on any atom is 0.526 e. The number of fused-ring (bicyclic) bond motifs is 1. The fraction of sp³-hybridized carbons (Fsp3) is 0.471. The average Bonchev–Trinajstić information content (AvgIpc) is 2.61. The second kappa shape index (κ2) is 9.33. The standard InChI is InChI=1S/C17H20BFO7/c1-2-13(20)9-12-8-11-4-3-5-14(16(11)26-18(12)23)17(22)25-10-24-15(21)6-7-19/h3-5,12,23H,2,6-10H2,1H3/t12-/m1/s1. The number of carbonyl (C=O) groups excluding carboxylic acids is 3. The zero-order valence-corrected chi connectivity index (χ0v) is 14.4. The average molecular weight is 366 g/mol. The van der Waals surface area contributed by atoms with E-state index in [0.29, 0.717) is 18.4 Å². The first kappa shape index (κ1) is 19.9. The Balaban J connectivity index is 2.04. The molecule has 1 aliphatic heterocycles. The number of ether oxygens (including phenoxy) is 2. The molecule has 0 saturated heterocycles. The Bertz CT molecular complexity index is 679. The summed E-state index contributed by atoms with van der Waals surface area (Å²) < 4.78 is 26.8. The van der Waals surface area contributed by atoms with Crippen molar-refractivity contribution in [1.29, 1.82) is 0 Å². The Morgan fingerprint density at radius 1 is 1.35 bits per heavy atom. The van der Waals surface area contributed by atoms with E-state index < -0.39 is 38.9 Å². The van der Waals surface area contributed by atoms with Crippen molar-refractivity contribution in [2.45, 2.75) is 38.4 Å². The van der Waals surface area contributed by atoms with Crippen molar-refractivity contribution in [2.24, 2.45) is 0 Å². The summed E-state index contributed by atoms with van der Waals surface area (Å²) in [6, 6.07) is 4.82. The first-order valence-electron chi connectivity index (χ1n) is 8.33.